The van der Waals surface area contributed by atoms with Gasteiger partial charge in [-0.2, -0.15) is 0 Å². The fraction of sp³-hybridized carbons (Fsp3) is 0.467. The summed E-state index contributed by atoms with van der Waals surface area (Å²) < 4.78 is 0. The molecule has 1 aromatic heterocycles. The summed E-state index contributed by atoms with van der Waals surface area (Å²) in [5.41, 5.74) is 2.57. The number of carbonyl (C=O) groups is 1. The van der Waals surface area contributed by atoms with Crippen molar-refractivity contribution in [2.24, 2.45) is 0 Å². The predicted molar refractivity (Wildman–Crippen MR) is 77.7 cm³/mol. The van der Waals surface area contributed by atoms with E-state index in [1.165, 1.54) is 0 Å². The summed E-state index contributed by atoms with van der Waals surface area (Å²) in [6.45, 7) is 8.61. The number of aromatic amines is 1. The van der Waals surface area contributed by atoms with E-state index in [1.807, 2.05) is 32.0 Å². The maximum atomic E-state index is 12.0. The molecule has 0 amide bonds. The highest BCUT2D eigenvalue weighted by molar-refractivity contribution is 6.00. The van der Waals surface area contributed by atoms with Crippen LogP contribution in [-0.2, 0) is 0 Å². The van der Waals surface area contributed by atoms with Gasteiger partial charge in [-0.3, -0.25) is 4.79 Å². The lowest BCUT2D eigenvalue weighted by Gasteiger charge is -2.06. The third kappa shape index (κ3) is 3.20. The van der Waals surface area contributed by atoms with Crippen molar-refractivity contribution < 1.29 is 4.79 Å². The molecule has 4 nitrogen and oxygen atoms in total. The van der Waals surface area contributed by atoms with Crippen molar-refractivity contribution in [3.63, 3.8) is 0 Å². The van der Waals surface area contributed by atoms with Crippen molar-refractivity contribution in [2.45, 2.75) is 39.7 Å². The molecule has 2 rings (SSSR count). The number of Topliss-reactive ketones (excluding diaryl/α,β-unsaturated/α-hetero) is 1. The average Bonchev–Trinajstić information content (AvgIpc) is 2.78. The Hall–Kier alpha value is -1.68. The number of benzene rings is 1. The molecule has 0 spiro atoms. The molecule has 0 saturated carbocycles. The van der Waals surface area contributed by atoms with Crippen LogP contribution in [0.1, 0.15) is 49.8 Å². The average molecular weight is 259 g/mol. The maximum Gasteiger partial charge on any atom is 0.176 e. The lowest BCUT2D eigenvalue weighted by atomic mass is 10.1. The minimum atomic E-state index is 0.108. The van der Waals surface area contributed by atoms with Crippen LogP contribution in [0.15, 0.2) is 18.2 Å². The van der Waals surface area contributed by atoms with Crippen molar-refractivity contribution in [2.75, 3.05) is 6.54 Å². The summed E-state index contributed by atoms with van der Waals surface area (Å²) in [5, 5.41) is 3.14. The predicted octanol–water partition coefficient (Wildman–Crippen LogP) is 2.87. The monoisotopic (exact) mass is 259 g/mol. The zero-order valence-electron chi connectivity index (χ0n) is 11.9. The molecule has 0 saturated heterocycles. The van der Waals surface area contributed by atoms with Crippen molar-refractivity contribution in [1.29, 1.82) is 0 Å². The number of hydrogen-bond donors (Lipinski definition) is 2. The summed E-state index contributed by atoms with van der Waals surface area (Å²) in [6, 6.07) is 5.95. The van der Waals surface area contributed by atoms with Gasteiger partial charge in [0.15, 0.2) is 5.78 Å². The van der Waals surface area contributed by atoms with Crippen molar-refractivity contribution >= 4 is 16.8 Å². The number of nitrogens with one attached hydrogen (secondary N) is 2. The molecule has 0 aliphatic heterocycles. The highest BCUT2D eigenvalue weighted by Crippen LogP contribution is 2.18. The van der Waals surface area contributed by atoms with Crippen LogP contribution < -0.4 is 5.32 Å². The van der Waals surface area contributed by atoms with Crippen LogP contribution in [0.4, 0.5) is 0 Å². The Morgan fingerprint density at radius 3 is 2.68 bits per heavy atom. The first kappa shape index (κ1) is 13.7. The van der Waals surface area contributed by atoms with E-state index >= 15 is 0 Å². The number of imidazole rings is 1. The SMILES string of the molecule is CC(C)NCC(=O)c1ccc2nc(C(C)C)[nH]c2c1. The number of aromatic nitrogens is 2. The lowest BCUT2D eigenvalue weighted by molar-refractivity contribution is 0.0988. The zero-order valence-corrected chi connectivity index (χ0v) is 11.9. The Morgan fingerprint density at radius 1 is 1.32 bits per heavy atom. The quantitative estimate of drug-likeness (QED) is 0.812. The molecule has 0 aliphatic carbocycles. The minimum Gasteiger partial charge on any atom is -0.342 e. The number of carbonyl (C=O) groups excluding carboxylic acids is 1. The molecule has 0 aliphatic rings. The van der Waals surface area contributed by atoms with Gasteiger partial charge in [-0.15, -0.1) is 0 Å². The molecular formula is C15H21N3O. The summed E-state index contributed by atoms with van der Waals surface area (Å²) in [6.07, 6.45) is 0. The van der Waals surface area contributed by atoms with Crippen LogP contribution >= 0.6 is 0 Å². The van der Waals surface area contributed by atoms with Crippen LogP contribution in [-0.4, -0.2) is 28.3 Å². The van der Waals surface area contributed by atoms with E-state index in [9.17, 15) is 4.79 Å². The number of ketones is 1. The minimum absolute atomic E-state index is 0.108. The Labute approximate surface area is 113 Å². The molecule has 1 aromatic carbocycles. The van der Waals surface area contributed by atoms with Gasteiger partial charge >= 0.3 is 0 Å². The van der Waals surface area contributed by atoms with Crippen molar-refractivity contribution in [1.82, 2.24) is 15.3 Å². The zero-order chi connectivity index (χ0) is 14.0. The highest BCUT2D eigenvalue weighted by Gasteiger charge is 2.10. The van der Waals surface area contributed by atoms with Crippen LogP contribution in [0.25, 0.3) is 11.0 Å². The molecule has 102 valence electrons. The number of nitrogens with zero attached hydrogens (tertiary/aromatic N) is 1. The third-order valence-corrected chi connectivity index (χ3v) is 3.04. The third-order valence-electron chi connectivity index (χ3n) is 3.04. The summed E-state index contributed by atoms with van der Waals surface area (Å²) in [5.74, 6) is 1.42. The van der Waals surface area contributed by atoms with Crippen molar-refractivity contribution in [3.05, 3.63) is 29.6 Å². The maximum absolute atomic E-state index is 12.0. The van der Waals surface area contributed by atoms with Crippen molar-refractivity contribution in [3.8, 4) is 0 Å². The molecule has 0 atom stereocenters. The van der Waals surface area contributed by atoms with Gasteiger partial charge in [0.05, 0.1) is 17.6 Å². The van der Waals surface area contributed by atoms with E-state index < -0.39 is 0 Å². The van der Waals surface area contributed by atoms with Gasteiger partial charge < -0.3 is 10.3 Å². The Morgan fingerprint density at radius 2 is 2.05 bits per heavy atom. The Kier molecular flexibility index (Phi) is 4.00. The molecule has 0 bridgehead atoms. The second-order valence-corrected chi connectivity index (χ2v) is 5.47. The van der Waals surface area contributed by atoms with E-state index in [1.54, 1.807) is 0 Å². The Bertz CT molecular complexity index is 584. The largest absolute Gasteiger partial charge is 0.342 e. The summed E-state index contributed by atoms with van der Waals surface area (Å²) in [4.78, 5) is 19.8. The fourth-order valence-electron chi connectivity index (χ4n) is 1.88. The van der Waals surface area contributed by atoms with E-state index in [2.05, 4.69) is 29.1 Å². The number of fused-ring (bicyclic) bond motifs is 1. The standard InChI is InChI=1S/C15H21N3O/c1-9(2)15-17-12-6-5-11(7-13(12)18-15)14(19)8-16-10(3)4/h5-7,9-10,16H,8H2,1-4H3,(H,17,18). The number of rotatable bonds is 5. The smallest absolute Gasteiger partial charge is 0.176 e. The normalized spacial score (nSPS) is 11.7. The van der Waals surface area contributed by atoms with E-state index in [4.69, 9.17) is 0 Å². The van der Waals surface area contributed by atoms with Gasteiger partial charge in [0.2, 0.25) is 0 Å². The second-order valence-electron chi connectivity index (χ2n) is 5.47. The first-order valence-electron chi connectivity index (χ1n) is 6.73. The summed E-state index contributed by atoms with van der Waals surface area (Å²) in [7, 11) is 0. The molecule has 2 aromatic rings. The second kappa shape index (κ2) is 5.53. The molecule has 0 radical (unpaired) electrons. The molecule has 2 N–H and O–H groups in total. The Balaban J connectivity index is 2.23. The number of hydrogen-bond acceptors (Lipinski definition) is 3. The van der Waals surface area contributed by atoms with Gasteiger partial charge in [-0.25, -0.2) is 4.98 Å². The van der Waals surface area contributed by atoms with E-state index in [0.717, 1.165) is 22.4 Å². The topological polar surface area (TPSA) is 57.8 Å². The molecule has 0 unspecified atom stereocenters. The fourth-order valence-corrected chi connectivity index (χ4v) is 1.88. The molecule has 0 fully saturated rings. The van der Waals surface area contributed by atoms with E-state index in [0.29, 0.717) is 18.5 Å². The lowest BCUT2D eigenvalue weighted by Crippen LogP contribution is -2.29. The van der Waals surface area contributed by atoms with Crippen LogP contribution in [0, 0.1) is 0 Å². The van der Waals surface area contributed by atoms with Crippen LogP contribution in [0.5, 0.6) is 0 Å². The first-order chi connectivity index (χ1) is 8.97. The molecule has 4 heteroatoms. The van der Waals surface area contributed by atoms with Crippen LogP contribution in [0.3, 0.4) is 0 Å². The first-order valence-corrected chi connectivity index (χ1v) is 6.73. The molecule has 1 heterocycles. The van der Waals surface area contributed by atoms with Gasteiger partial charge in [0, 0.05) is 17.5 Å². The van der Waals surface area contributed by atoms with Gasteiger partial charge in [-0.1, -0.05) is 27.7 Å². The summed E-state index contributed by atoms with van der Waals surface area (Å²) >= 11 is 0. The molecule has 19 heavy (non-hydrogen) atoms. The molecular weight excluding hydrogens is 238 g/mol. The van der Waals surface area contributed by atoms with Gasteiger partial charge in [0.1, 0.15) is 5.82 Å². The number of H-pyrrole nitrogens is 1. The highest BCUT2D eigenvalue weighted by atomic mass is 16.1. The van der Waals surface area contributed by atoms with Crippen LogP contribution in [0.2, 0.25) is 0 Å². The van der Waals surface area contributed by atoms with Gasteiger partial charge in [0.25, 0.3) is 0 Å². The van der Waals surface area contributed by atoms with E-state index in [-0.39, 0.29) is 5.78 Å². The van der Waals surface area contributed by atoms with Gasteiger partial charge in [-0.05, 0) is 18.2 Å².